The fourth-order valence-corrected chi connectivity index (χ4v) is 3.61. The van der Waals surface area contributed by atoms with Gasteiger partial charge in [0.05, 0.1) is 13.2 Å². The molecule has 1 aromatic carbocycles. The highest BCUT2D eigenvalue weighted by atomic mass is 19.2. The Labute approximate surface area is 167 Å². The quantitative estimate of drug-likeness (QED) is 0.769. The number of hydrogen-bond acceptors (Lipinski definition) is 5. The van der Waals surface area contributed by atoms with Gasteiger partial charge in [0.25, 0.3) is 5.91 Å². The molecule has 154 valence electrons. The molecule has 1 fully saturated rings. The van der Waals surface area contributed by atoms with Gasteiger partial charge >= 0.3 is 0 Å². The normalized spacial score (nSPS) is 23.7. The number of aromatic nitrogens is 1. The summed E-state index contributed by atoms with van der Waals surface area (Å²) in [5.41, 5.74) is 0.972. The zero-order valence-corrected chi connectivity index (χ0v) is 16.5. The van der Waals surface area contributed by atoms with Gasteiger partial charge in [0.1, 0.15) is 11.8 Å². The second-order valence-electron chi connectivity index (χ2n) is 7.11. The standard InChI is InChI=1S/C21H22F2N2O4/c1-10-12(3)29-20(17(10)14-5-6-15(22)18(23)19(14)28-4)21(27)25-13-7-8-24-16(9-13)11(2)26/h5-10,12,17,20H,1-4H3,(H,24,25,27)/t10-,12-,17-,20-/m1/s1. The van der Waals surface area contributed by atoms with Gasteiger partial charge in [-0.05, 0) is 31.0 Å². The zero-order valence-electron chi connectivity index (χ0n) is 16.5. The van der Waals surface area contributed by atoms with Crippen molar-refractivity contribution < 1.29 is 27.8 Å². The Morgan fingerprint density at radius 1 is 1.21 bits per heavy atom. The lowest BCUT2D eigenvalue weighted by molar-refractivity contribution is -0.127. The van der Waals surface area contributed by atoms with Crippen molar-refractivity contribution in [3.05, 3.63) is 53.4 Å². The Bertz CT molecular complexity index is 950. The number of nitrogens with one attached hydrogen (secondary N) is 1. The third-order valence-electron chi connectivity index (χ3n) is 5.28. The molecule has 1 amide bonds. The number of anilines is 1. The Morgan fingerprint density at radius 2 is 1.93 bits per heavy atom. The highest BCUT2D eigenvalue weighted by Gasteiger charge is 2.46. The zero-order chi connectivity index (χ0) is 21.3. The topological polar surface area (TPSA) is 77.5 Å². The second kappa shape index (κ2) is 8.24. The van der Waals surface area contributed by atoms with E-state index in [2.05, 4.69) is 10.3 Å². The SMILES string of the molecule is COc1c([C@H]2[C@H](C)[C@@H](C)O[C@H]2C(=O)Nc2ccnc(C(C)=O)c2)ccc(F)c1F. The molecule has 8 heteroatoms. The second-order valence-corrected chi connectivity index (χ2v) is 7.11. The van der Waals surface area contributed by atoms with E-state index in [0.717, 1.165) is 6.07 Å². The summed E-state index contributed by atoms with van der Waals surface area (Å²) in [5, 5.41) is 2.72. The van der Waals surface area contributed by atoms with Crippen LogP contribution in [0.3, 0.4) is 0 Å². The molecule has 0 aliphatic carbocycles. The number of halogens is 2. The van der Waals surface area contributed by atoms with Crippen molar-refractivity contribution in [1.82, 2.24) is 4.98 Å². The number of amides is 1. The molecule has 4 atom stereocenters. The van der Waals surface area contributed by atoms with Crippen LogP contribution >= 0.6 is 0 Å². The lowest BCUT2D eigenvalue weighted by Crippen LogP contribution is -2.33. The van der Waals surface area contributed by atoms with Crippen LogP contribution in [0.2, 0.25) is 0 Å². The highest BCUT2D eigenvalue weighted by molar-refractivity contribution is 5.97. The summed E-state index contributed by atoms with van der Waals surface area (Å²) >= 11 is 0. The Hall–Kier alpha value is -2.87. The summed E-state index contributed by atoms with van der Waals surface area (Å²) in [6, 6.07) is 5.45. The van der Waals surface area contributed by atoms with Crippen LogP contribution in [0.1, 0.15) is 42.7 Å². The van der Waals surface area contributed by atoms with Gasteiger partial charge in [-0.3, -0.25) is 14.6 Å². The van der Waals surface area contributed by atoms with E-state index in [1.165, 1.54) is 32.4 Å². The molecular weight excluding hydrogens is 382 g/mol. The van der Waals surface area contributed by atoms with Gasteiger partial charge in [0.2, 0.25) is 5.82 Å². The number of nitrogens with zero attached hydrogens (tertiary/aromatic N) is 1. The first-order chi connectivity index (χ1) is 13.7. The van der Waals surface area contributed by atoms with E-state index in [1.54, 1.807) is 6.07 Å². The predicted octanol–water partition coefficient (Wildman–Crippen LogP) is 3.72. The van der Waals surface area contributed by atoms with Gasteiger partial charge < -0.3 is 14.8 Å². The number of rotatable bonds is 5. The van der Waals surface area contributed by atoms with Gasteiger partial charge in [0, 0.05) is 30.3 Å². The van der Waals surface area contributed by atoms with Crippen molar-refractivity contribution >= 4 is 17.4 Å². The van der Waals surface area contributed by atoms with Gasteiger partial charge in [-0.1, -0.05) is 13.0 Å². The van der Waals surface area contributed by atoms with E-state index in [4.69, 9.17) is 9.47 Å². The summed E-state index contributed by atoms with van der Waals surface area (Å²) in [5.74, 6) is -3.77. The molecular formula is C21H22F2N2O4. The van der Waals surface area contributed by atoms with Crippen LogP contribution in [0.25, 0.3) is 0 Å². The van der Waals surface area contributed by atoms with Crippen molar-refractivity contribution in [2.45, 2.75) is 38.9 Å². The van der Waals surface area contributed by atoms with E-state index in [1.807, 2.05) is 13.8 Å². The van der Waals surface area contributed by atoms with Crippen molar-refractivity contribution in [1.29, 1.82) is 0 Å². The minimum absolute atomic E-state index is 0.158. The largest absolute Gasteiger partial charge is 0.493 e. The smallest absolute Gasteiger partial charge is 0.254 e. The van der Waals surface area contributed by atoms with Crippen LogP contribution in [-0.4, -0.2) is 36.0 Å². The molecule has 6 nitrogen and oxygen atoms in total. The summed E-state index contributed by atoms with van der Waals surface area (Å²) in [6.45, 7) is 5.07. The van der Waals surface area contributed by atoms with Gasteiger partial charge in [0.15, 0.2) is 17.3 Å². The molecule has 0 radical (unpaired) electrons. The number of methoxy groups -OCH3 is 1. The van der Waals surface area contributed by atoms with Crippen LogP contribution < -0.4 is 10.1 Å². The average Bonchev–Trinajstić information content (AvgIpc) is 2.99. The van der Waals surface area contributed by atoms with E-state index in [-0.39, 0.29) is 29.2 Å². The number of ether oxygens (including phenoxy) is 2. The maximum absolute atomic E-state index is 14.3. The molecule has 0 unspecified atom stereocenters. The monoisotopic (exact) mass is 404 g/mol. The Balaban J connectivity index is 1.94. The Kier molecular flexibility index (Phi) is 5.93. The molecule has 1 aromatic heterocycles. The lowest BCUT2D eigenvalue weighted by Gasteiger charge is -2.23. The van der Waals surface area contributed by atoms with Crippen molar-refractivity contribution in [3.63, 3.8) is 0 Å². The Morgan fingerprint density at radius 3 is 2.59 bits per heavy atom. The van der Waals surface area contributed by atoms with Gasteiger partial charge in [-0.2, -0.15) is 4.39 Å². The first kappa shape index (κ1) is 20.9. The van der Waals surface area contributed by atoms with Gasteiger partial charge in [-0.25, -0.2) is 4.39 Å². The molecule has 1 N–H and O–H groups in total. The first-order valence-corrected chi connectivity index (χ1v) is 9.19. The molecule has 1 aliphatic rings. The number of carbonyl (C=O) groups is 2. The van der Waals surface area contributed by atoms with Crippen molar-refractivity contribution in [2.24, 2.45) is 5.92 Å². The molecule has 1 saturated heterocycles. The minimum atomic E-state index is -1.10. The summed E-state index contributed by atoms with van der Waals surface area (Å²) in [4.78, 5) is 28.4. The number of benzene rings is 1. The molecule has 1 aliphatic heterocycles. The molecule has 0 saturated carbocycles. The molecule has 3 rings (SSSR count). The molecule has 0 spiro atoms. The number of pyridine rings is 1. The van der Waals surface area contributed by atoms with Crippen LogP contribution in [0.15, 0.2) is 30.5 Å². The average molecular weight is 404 g/mol. The number of hydrogen-bond donors (Lipinski definition) is 1. The van der Waals surface area contributed by atoms with E-state index < -0.39 is 29.6 Å². The first-order valence-electron chi connectivity index (χ1n) is 9.19. The third kappa shape index (κ3) is 3.98. The fourth-order valence-electron chi connectivity index (χ4n) is 3.61. The van der Waals surface area contributed by atoms with Crippen LogP contribution in [0.5, 0.6) is 5.75 Å². The maximum atomic E-state index is 14.3. The van der Waals surface area contributed by atoms with Crippen LogP contribution in [0.4, 0.5) is 14.5 Å². The van der Waals surface area contributed by atoms with Crippen LogP contribution in [-0.2, 0) is 9.53 Å². The lowest BCUT2D eigenvalue weighted by atomic mass is 9.82. The molecule has 0 bridgehead atoms. The molecule has 29 heavy (non-hydrogen) atoms. The summed E-state index contributed by atoms with van der Waals surface area (Å²) < 4.78 is 38.9. The number of carbonyl (C=O) groups excluding carboxylic acids is 2. The van der Waals surface area contributed by atoms with Gasteiger partial charge in [-0.15, -0.1) is 0 Å². The van der Waals surface area contributed by atoms with Crippen molar-refractivity contribution in [3.8, 4) is 5.75 Å². The summed E-state index contributed by atoms with van der Waals surface area (Å²) in [7, 11) is 1.25. The van der Waals surface area contributed by atoms with E-state index in [0.29, 0.717) is 11.3 Å². The van der Waals surface area contributed by atoms with E-state index in [9.17, 15) is 18.4 Å². The van der Waals surface area contributed by atoms with Crippen molar-refractivity contribution in [2.75, 3.05) is 12.4 Å². The summed E-state index contributed by atoms with van der Waals surface area (Å²) in [6.07, 6.45) is 0.176. The predicted molar refractivity (Wildman–Crippen MR) is 102 cm³/mol. The highest BCUT2D eigenvalue weighted by Crippen LogP contribution is 2.44. The number of Topliss-reactive ketones (excluding diaryl/α,β-unsaturated/α-hetero) is 1. The van der Waals surface area contributed by atoms with Crippen LogP contribution in [0, 0.1) is 17.6 Å². The third-order valence-corrected chi connectivity index (χ3v) is 5.28. The maximum Gasteiger partial charge on any atom is 0.254 e. The van der Waals surface area contributed by atoms with E-state index >= 15 is 0 Å². The molecule has 2 heterocycles. The number of ketones is 1. The fraction of sp³-hybridized carbons (Fsp3) is 0.381. The molecule has 2 aromatic rings. The minimum Gasteiger partial charge on any atom is -0.493 e.